The summed E-state index contributed by atoms with van der Waals surface area (Å²) in [5, 5.41) is 13.3. The zero-order valence-corrected chi connectivity index (χ0v) is 17.5. The number of allylic oxidation sites excluding steroid dienone is 5. The SMILES string of the molecule is C=C/C(=C\C=C/C)[PH](CCCCCCO)(c1ccccc1)c1ccccc1. The number of hydrogen-bond acceptors (Lipinski definition) is 1. The van der Waals surface area contributed by atoms with E-state index in [1.807, 2.05) is 0 Å². The van der Waals surface area contributed by atoms with E-state index in [2.05, 4.69) is 98.5 Å². The van der Waals surface area contributed by atoms with Crippen LogP contribution in [0, 0.1) is 0 Å². The number of rotatable bonds is 11. The van der Waals surface area contributed by atoms with Crippen LogP contribution in [0.5, 0.6) is 0 Å². The fourth-order valence-electron chi connectivity index (χ4n) is 3.82. The first-order valence-corrected chi connectivity index (χ1v) is 12.2. The Bertz CT molecular complexity index is 692. The molecular weight excluding hydrogens is 347 g/mol. The van der Waals surface area contributed by atoms with Crippen molar-refractivity contribution in [3.63, 3.8) is 0 Å². The van der Waals surface area contributed by atoms with Crippen LogP contribution in [0.15, 0.2) is 96.9 Å². The van der Waals surface area contributed by atoms with Gasteiger partial charge < -0.3 is 0 Å². The predicted octanol–water partition coefficient (Wildman–Crippen LogP) is 5.59. The van der Waals surface area contributed by atoms with Crippen molar-refractivity contribution < 1.29 is 5.11 Å². The summed E-state index contributed by atoms with van der Waals surface area (Å²) in [5.74, 6) is 0. The molecule has 2 heteroatoms. The average Bonchev–Trinajstić information content (AvgIpc) is 2.73. The molecule has 0 radical (unpaired) electrons. The van der Waals surface area contributed by atoms with E-state index in [9.17, 15) is 0 Å². The Labute approximate surface area is 165 Å². The quantitative estimate of drug-likeness (QED) is 0.306. The van der Waals surface area contributed by atoms with E-state index >= 15 is 0 Å². The second-order valence-electron chi connectivity index (χ2n) is 6.88. The normalized spacial score (nSPS) is 13.0. The van der Waals surface area contributed by atoms with Gasteiger partial charge in [0.2, 0.25) is 0 Å². The van der Waals surface area contributed by atoms with Crippen LogP contribution in [0.3, 0.4) is 0 Å². The summed E-state index contributed by atoms with van der Waals surface area (Å²) < 4.78 is 0. The molecule has 27 heavy (non-hydrogen) atoms. The van der Waals surface area contributed by atoms with Gasteiger partial charge in [-0.3, -0.25) is 0 Å². The third-order valence-electron chi connectivity index (χ3n) is 5.17. The Hall–Kier alpha value is -1.95. The van der Waals surface area contributed by atoms with Gasteiger partial charge in [-0.25, -0.2) is 0 Å². The van der Waals surface area contributed by atoms with Gasteiger partial charge in [0.1, 0.15) is 0 Å². The number of hydrogen-bond donors (Lipinski definition) is 1. The van der Waals surface area contributed by atoms with Crippen molar-refractivity contribution in [3.05, 3.63) is 96.9 Å². The minimum atomic E-state index is -2.15. The Kier molecular flexibility index (Phi) is 9.25. The van der Waals surface area contributed by atoms with Crippen LogP contribution in [-0.2, 0) is 0 Å². The van der Waals surface area contributed by atoms with Crippen LogP contribution >= 0.6 is 7.26 Å². The van der Waals surface area contributed by atoms with E-state index in [0.29, 0.717) is 6.61 Å². The number of aliphatic hydroxyl groups is 1. The van der Waals surface area contributed by atoms with Crippen molar-refractivity contribution in [2.24, 2.45) is 0 Å². The van der Waals surface area contributed by atoms with E-state index in [-0.39, 0.29) is 0 Å². The van der Waals surface area contributed by atoms with Gasteiger partial charge in [-0.2, -0.15) is 0 Å². The fourth-order valence-corrected chi connectivity index (χ4v) is 8.72. The second kappa shape index (κ2) is 11.7. The van der Waals surface area contributed by atoms with Gasteiger partial charge in [-0.15, -0.1) is 0 Å². The topological polar surface area (TPSA) is 20.2 Å². The molecule has 0 amide bonds. The van der Waals surface area contributed by atoms with Crippen molar-refractivity contribution in [2.75, 3.05) is 12.8 Å². The van der Waals surface area contributed by atoms with Crippen molar-refractivity contribution >= 4 is 17.9 Å². The molecule has 2 aromatic rings. The molecule has 0 saturated carbocycles. The summed E-state index contributed by atoms with van der Waals surface area (Å²) in [7, 11) is -2.15. The first-order valence-electron chi connectivity index (χ1n) is 9.97. The van der Waals surface area contributed by atoms with Gasteiger partial charge in [-0.1, -0.05) is 0 Å². The van der Waals surface area contributed by atoms with E-state index in [0.717, 1.165) is 31.8 Å². The summed E-state index contributed by atoms with van der Waals surface area (Å²) in [6.45, 7) is 6.53. The molecule has 0 aliphatic rings. The Morgan fingerprint density at radius 3 is 1.93 bits per heavy atom. The molecule has 0 aliphatic heterocycles. The summed E-state index contributed by atoms with van der Waals surface area (Å²) >= 11 is 0. The molecule has 0 saturated heterocycles. The van der Waals surface area contributed by atoms with E-state index in [1.165, 1.54) is 15.9 Å². The Morgan fingerprint density at radius 2 is 1.44 bits per heavy atom. The molecule has 0 unspecified atom stereocenters. The van der Waals surface area contributed by atoms with Gasteiger partial charge in [-0.05, 0) is 0 Å². The van der Waals surface area contributed by atoms with Gasteiger partial charge in [0, 0.05) is 0 Å². The molecule has 1 nitrogen and oxygen atoms in total. The third kappa shape index (κ3) is 5.51. The van der Waals surface area contributed by atoms with E-state index in [1.54, 1.807) is 0 Å². The van der Waals surface area contributed by atoms with Crippen molar-refractivity contribution in [1.29, 1.82) is 0 Å². The van der Waals surface area contributed by atoms with Crippen LogP contribution in [-0.4, -0.2) is 17.9 Å². The van der Waals surface area contributed by atoms with Crippen LogP contribution in [0.25, 0.3) is 0 Å². The molecule has 0 spiro atoms. The molecule has 1 N–H and O–H groups in total. The monoisotopic (exact) mass is 380 g/mol. The molecule has 0 bridgehead atoms. The summed E-state index contributed by atoms with van der Waals surface area (Å²) in [6, 6.07) is 22.0. The van der Waals surface area contributed by atoms with Crippen LogP contribution in [0.1, 0.15) is 32.6 Å². The van der Waals surface area contributed by atoms with Crippen molar-refractivity contribution in [3.8, 4) is 0 Å². The maximum atomic E-state index is 9.08. The summed E-state index contributed by atoms with van der Waals surface area (Å²) in [6.07, 6.45) is 14.0. The van der Waals surface area contributed by atoms with Crippen LogP contribution in [0.2, 0.25) is 0 Å². The molecule has 0 fully saturated rings. The standard InChI is InChI=1S/C25H33OP/c1-3-5-16-23(4-2)27(22-15-7-6-14-21-26,24-17-10-8-11-18-24)25-19-12-9-13-20-25/h3-5,8-13,16-20,26-27H,2,6-7,14-15,21-22H2,1H3/b5-3-,23-16+. The molecule has 0 aromatic heterocycles. The molecule has 2 aromatic carbocycles. The molecule has 0 aliphatic carbocycles. The van der Waals surface area contributed by atoms with Gasteiger partial charge in [0.25, 0.3) is 0 Å². The van der Waals surface area contributed by atoms with Crippen LogP contribution < -0.4 is 10.6 Å². The van der Waals surface area contributed by atoms with Crippen molar-refractivity contribution in [2.45, 2.75) is 32.6 Å². The number of unbranched alkanes of at least 4 members (excludes halogenated alkanes) is 3. The van der Waals surface area contributed by atoms with E-state index < -0.39 is 7.26 Å². The minimum absolute atomic E-state index is 0.291. The number of benzene rings is 2. The molecule has 0 heterocycles. The van der Waals surface area contributed by atoms with Gasteiger partial charge in [0.05, 0.1) is 0 Å². The van der Waals surface area contributed by atoms with Crippen LogP contribution in [0.4, 0.5) is 0 Å². The van der Waals surface area contributed by atoms with E-state index in [4.69, 9.17) is 5.11 Å². The predicted molar refractivity (Wildman–Crippen MR) is 124 cm³/mol. The average molecular weight is 381 g/mol. The zero-order valence-electron chi connectivity index (χ0n) is 16.5. The fraction of sp³-hybridized carbons (Fsp3) is 0.280. The Balaban J connectivity index is 2.56. The van der Waals surface area contributed by atoms with Crippen molar-refractivity contribution in [1.82, 2.24) is 0 Å². The summed E-state index contributed by atoms with van der Waals surface area (Å²) in [4.78, 5) is 0. The Morgan fingerprint density at radius 1 is 0.889 bits per heavy atom. The summed E-state index contributed by atoms with van der Waals surface area (Å²) in [5.41, 5.74) is 0. The molecule has 2 rings (SSSR count). The zero-order chi connectivity index (χ0) is 19.4. The third-order valence-corrected chi connectivity index (χ3v) is 10.3. The molecule has 144 valence electrons. The van der Waals surface area contributed by atoms with Gasteiger partial charge >= 0.3 is 165 Å². The second-order valence-corrected chi connectivity index (χ2v) is 10.9. The first-order chi connectivity index (χ1) is 13.3. The molecular formula is C25H33OP. The first kappa shape index (κ1) is 21.4. The molecule has 0 atom stereocenters. The number of aliphatic hydroxyl groups excluding tert-OH is 1. The maximum absolute atomic E-state index is 9.08. The van der Waals surface area contributed by atoms with Gasteiger partial charge in [0.15, 0.2) is 0 Å².